The summed E-state index contributed by atoms with van der Waals surface area (Å²) in [5, 5.41) is 4.71. The van der Waals surface area contributed by atoms with Crippen molar-refractivity contribution < 1.29 is 14.3 Å². The smallest absolute Gasteiger partial charge is 0.264 e. The van der Waals surface area contributed by atoms with Crippen LogP contribution in [0.3, 0.4) is 0 Å². The van der Waals surface area contributed by atoms with Gasteiger partial charge in [-0.2, -0.15) is 0 Å². The minimum atomic E-state index is -0.192. The molecule has 3 aromatic rings. The molecule has 0 aliphatic heterocycles. The van der Waals surface area contributed by atoms with E-state index in [9.17, 15) is 9.59 Å². The van der Waals surface area contributed by atoms with Crippen LogP contribution in [0, 0.1) is 0 Å². The largest absolute Gasteiger partial charge is 0.372 e. The molecule has 5 nitrogen and oxygen atoms in total. The summed E-state index contributed by atoms with van der Waals surface area (Å²) < 4.78 is 5.77. The average Bonchev–Trinajstić information content (AvgIpc) is 3.28. The molecule has 0 atom stereocenters. The van der Waals surface area contributed by atoms with Gasteiger partial charge in [-0.15, -0.1) is 11.3 Å². The van der Waals surface area contributed by atoms with Gasteiger partial charge in [0, 0.05) is 13.6 Å². The normalized spacial score (nSPS) is 10.5. The average molecular weight is 409 g/mol. The Bertz CT molecular complexity index is 926. The van der Waals surface area contributed by atoms with E-state index in [1.807, 2.05) is 66.0 Å². The van der Waals surface area contributed by atoms with Gasteiger partial charge < -0.3 is 15.0 Å². The maximum Gasteiger partial charge on any atom is 0.264 e. The minimum Gasteiger partial charge on any atom is -0.372 e. The molecule has 0 unspecified atom stereocenters. The quantitative estimate of drug-likeness (QED) is 0.585. The lowest BCUT2D eigenvalue weighted by atomic mass is 10.1. The van der Waals surface area contributed by atoms with Gasteiger partial charge in [-0.25, -0.2) is 0 Å². The predicted octanol–water partition coefficient (Wildman–Crippen LogP) is 3.85. The van der Waals surface area contributed by atoms with E-state index in [-0.39, 0.29) is 18.4 Å². The Balaban J connectivity index is 1.43. The molecule has 6 heteroatoms. The molecule has 29 heavy (non-hydrogen) atoms. The van der Waals surface area contributed by atoms with Crippen molar-refractivity contribution in [1.29, 1.82) is 0 Å². The molecule has 0 radical (unpaired) electrons. The van der Waals surface area contributed by atoms with Crippen LogP contribution in [0.5, 0.6) is 0 Å². The van der Waals surface area contributed by atoms with Crippen molar-refractivity contribution in [2.45, 2.75) is 19.8 Å². The molecule has 0 spiro atoms. The van der Waals surface area contributed by atoms with Crippen LogP contribution in [0.15, 0.2) is 72.1 Å². The van der Waals surface area contributed by atoms with Crippen LogP contribution in [0.4, 0.5) is 0 Å². The number of ether oxygens (including phenoxy) is 1. The van der Waals surface area contributed by atoms with Gasteiger partial charge in [-0.05, 0) is 28.1 Å². The Morgan fingerprint density at radius 2 is 1.66 bits per heavy atom. The highest BCUT2D eigenvalue weighted by Gasteiger charge is 2.15. The third kappa shape index (κ3) is 6.55. The van der Waals surface area contributed by atoms with Crippen LogP contribution >= 0.6 is 11.3 Å². The van der Waals surface area contributed by atoms with E-state index < -0.39 is 0 Å². The molecule has 1 heterocycles. The van der Waals surface area contributed by atoms with Gasteiger partial charge >= 0.3 is 0 Å². The number of carbonyl (C=O) groups excluding carboxylic acids is 2. The topological polar surface area (TPSA) is 58.6 Å². The first kappa shape index (κ1) is 20.8. The summed E-state index contributed by atoms with van der Waals surface area (Å²) in [6.45, 7) is 1.50. The van der Waals surface area contributed by atoms with Crippen LogP contribution in [0.2, 0.25) is 0 Å². The van der Waals surface area contributed by atoms with Crippen molar-refractivity contribution in [3.8, 4) is 0 Å². The molecule has 2 aromatic carbocycles. The molecule has 2 amide bonds. The van der Waals surface area contributed by atoms with Crippen molar-refractivity contribution in [1.82, 2.24) is 10.2 Å². The van der Waals surface area contributed by atoms with Crippen LogP contribution in [0.25, 0.3) is 0 Å². The molecule has 0 aliphatic carbocycles. The first-order valence-electron chi connectivity index (χ1n) is 9.37. The lowest BCUT2D eigenvalue weighted by Crippen LogP contribution is -2.37. The molecular formula is C23H24N2O3S. The fourth-order valence-corrected chi connectivity index (χ4v) is 3.54. The molecular weight excluding hydrogens is 384 g/mol. The fraction of sp³-hybridized carbons (Fsp3) is 0.217. The van der Waals surface area contributed by atoms with Crippen molar-refractivity contribution in [3.63, 3.8) is 0 Å². The number of rotatable bonds is 9. The number of hydrogen-bond acceptors (Lipinski definition) is 4. The number of likely N-dealkylation sites (N-methyl/N-ethyl adjacent to an activating group) is 1. The standard InChI is InChI=1S/C23H24N2O3S/c1-25(23(27)21-11-6-12-29-21)15-22(26)24-14-19-9-5-10-20(13-19)17-28-16-18-7-3-2-4-8-18/h2-13H,14-17H2,1H3,(H,24,26). The molecule has 0 saturated carbocycles. The van der Waals surface area contributed by atoms with Gasteiger partial charge in [0.2, 0.25) is 5.91 Å². The van der Waals surface area contributed by atoms with Gasteiger partial charge in [-0.3, -0.25) is 9.59 Å². The molecule has 0 fully saturated rings. The van der Waals surface area contributed by atoms with Crippen LogP contribution in [-0.2, 0) is 29.3 Å². The third-order valence-electron chi connectivity index (χ3n) is 4.32. The highest BCUT2D eigenvalue weighted by molar-refractivity contribution is 7.12. The maximum atomic E-state index is 12.2. The number of nitrogens with one attached hydrogen (secondary N) is 1. The van der Waals surface area contributed by atoms with Crippen LogP contribution in [-0.4, -0.2) is 30.3 Å². The number of thiophene rings is 1. The lowest BCUT2D eigenvalue weighted by Gasteiger charge is -2.16. The maximum absolute atomic E-state index is 12.2. The van der Waals surface area contributed by atoms with Gasteiger partial charge in [0.1, 0.15) is 0 Å². The van der Waals surface area contributed by atoms with Crippen molar-refractivity contribution in [3.05, 3.63) is 93.7 Å². The van der Waals surface area contributed by atoms with E-state index in [4.69, 9.17) is 4.74 Å². The minimum absolute atomic E-state index is 0.0244. The molecule has 3 rings (SSSR count). The monoisotopic (exact) mass is 408 g/mol. The highest BCUT2D eigenvalue weighted by Crippen LogP contribution is 2.11. The molecule has 0 saturated heterocycles. The van der Waals surface area contributed by atoms with Gasteiger partial charge in [0.15, 0.2) is 0 Å². The number of benzene rings is 2. The highest BCUT2D eigenvalue weighted by atomic mass is 32.1. The molecule has 0 aliphatic rings. The third-order valence-corrected chi connectivity index (χ3v) is 5.18. The summed E-state index contributed by atoms with van der Waals surface area (Å²) in [4.78, 5) is 26.4. The molecule has 1 aromatic heterocycles. The summed E-state index contributed by atoms with van der Waals surface area (Å²) in [5.74, 6) is -0.337. The Labute approximate surface area is 174 Å². The summed E-state index contributed by atoms with van der Waals surface area (Å²) in [5.41, 5.74) is 3.18. The van der Waals surface area contributed by atoms with Crippen molar-refractivity contribution in [2.24, 2.45) is 0 Å². The molecule has 0 bridgehead atoms. The Kier molecular flexibility index (Phi) is 7.55. The number of nitrogens with zero attached hydrogens (tertiary/aromatic N) is 1. The van der Waals surface area contributed by atoms with E-state index in [1.54, 1.807) is 13.1 Å². The second kappa shape index (κ2) is 10.5. The van der Waals surface area contributed by atoms with Gasteiger partial charge in [0.25, 0.3) is 5.91 Å². The number of hydrogen-bond donors (Lipinski definition) is 1. The van der Waals surface area contributed by atoms with E-state index in [1.165, 1.54) is 16.2 Å². The van der Waals surface area contributed by atoms with E-state index >= 15 is 0 Å². The Morgan fingerprint density at radius 3 is 2.41 bits per heavy atom. The number of amides is 2. The summed E-state index contributed by atoms with van der Waals surface area (Å²) in [6.07, 6.45) is 0. The summed E-state index contributed by atoms with van der Waals surface area (Å²) in [7, 11) is 1.63. The van der Waals surface area contributed by atoms with E-state index in [0.717, 1.165) is 16.7 Å². The van der Waals surface area contributed by atoms with E-state index in [2.05, 4.69) is 5.32 Å². The second-order valence-corrected chi connectivity index (χ2v) is 7.66. The van der Waals surface area contributed by atoms with Crippen molar-refractivity contribution in [2.75, 3.05) is 13.6 Å². The zero-order valence-electron chi connectivity index (χ0n) is 16.3. The second-order valence-electron chi connectivity index (χ2n) is 6.71. The predicted molar refractivity (Wildman–Crippen MR) is 115 cm³/mol. The van der Waals surface area contributed by atoms with E-state index in [0.29, 0.717) is 24.6 Å². The Hall–Kier alpha value is -2.96. The number of carbonyl (C=O) groups is 2. The zero-order chi connectivity index (χ0) is 20.5. The van der Waals surface area contributed by atoms with Crippen LogP contribution in [0.1, 0.15) is 26.4 Å². The fourth-order valence-electron chi connectivity index (χ4n) is 2.82. The van der Waals surface area contributed by atoms with Gasteiger partial charge in [0.05, 0.1) is 24.6 Å². The summed E-state index contributed by atoms with van der Waals surface area (Å²) >= 11 is 1.37. The molecule has 1 N–H and O–H groups in total. The van der Waals surface area contributed by atoms with Crippen LogP contribution < -0.4 is 5.32 Å². The Morgan fingerprint density at radius 1 is 0.931 bits per heavy atom. The van der Waals surface area contributed by atoms with Gasteiger partial charge in [-0.1, -0.05) is 60.7 Å². The summed E-state index contributed by atoms with van der Waals surface area (Å²) in [6, 6.07) is 21.6. The van der Waals surface area contributed by atoms with Crippen molar-refractivity contribution >= 4 is 23.2 Å². The first-order valence-corrected chi connectivity index (χ1v) is 10.2. The lowest BCUT2D eigenvalue weighted by molar-refractivity contribution is -0.121. The zero-order valence-corrected chi connectivity index (χ0v) is 17.2. The SMILES string of the molecule is CN(CC(=O)NCc1cccc(COCc2ccccc2)c1)C(=O)c1cccs1. The first-order chi connectivity index (χ1) is 14.1. The molecule has 150 valence electrons.